The zero-order chi connectivity index (χ0) is 38.9. The number of halogens is 4. The number of carboxylic acids is 1. The summed E-state index contributed by atoms with van der Waals surface area (Å²) in [6.07, 6.45) is 0.472. The van der Waals surface area contributed by atoms with Crippen LogP contribution in [-0.2, 0) is 23.9 Å². The molecule has 0 radical (unpaired) electrons. The van der Waals surface area contributed by atoms with Crippen LogP contribution in [0.2, 0.25) is 5.02 Å². The van der Waals surface area contributed by atoms with E-state index in [2.05, 4.69) is 26.3 Å². The molecule has 10 nitrogen and oxygen atoms in total. The average Bonchev–Trinajstić information content (AvgIpc) is 3.98. The van der Waals surface area contributed by atoms with Gasteiger partial charge in [0.2, 0.25) is 5.89 Å². The van der Waals surface area contributed by atoms with Crippen LogP contribution in [0.25, 0.3) is 44.6 Å². The fourth-order valence-corrected chi connectivity index (χ4v) is 9.09. The highest BCUT2D eigenvalue weighted by molar-refractivity contribution is 6.36. The van der Waals surface area contributed by atoms with Gasteiger partial charge in [0.15, 0.2) is 11.4 Å². The van der Waals surface area contributed by atoms with E-state index in [-0.39, 0.29) is 41.1 Å². The molecule has 0 unspecified atom stereocenters. The Morgan fingerprint density at radius 1 is 1.02 bits per heavy atom. The molecule has 3 aliphatic rings. The minimum atomic E-state index is -4.68. The van der Waals surface area contributed by atoms with E-state index in [0.29, 0.717) is 77.8 Å². The average molecular weight is 783 g/mol. The van der Waals surface area contributed by atoms with Crippen LogP contribution in [0, 0.1) is 12.8 Å². The van der Waals surface area contributed by atoms with Crippen molar-refractivity contribution in [3.8, 4) is 22.6 Å². The van der Waals surface area contributed by atoms with Crippen molar-refractivity contribution in [2.24, 2.45) is 5.92 Å². The number of oxazole rings is 1. The number of nitrogens with one attached hydrogen (secondary N) is 1. The van der Waals surface area contributed by atoms with Gasteiger partial charge in [-0.1, -0.05) is 35.9 Å². The molecule has 2 fully saturated rings. The van der Waals surface area contributed by atoms with Gasteiger partial charge in [-0.25, -0.2) is 9.97 Å². The molecule has 0 saturated carbocycles. The molecule has 0 bridgehead atoms. The van der Waals surface area contributed by atoms with Crippen molar-refractivity contribution in [2.75, 3.05) is 31.5 Å². The molecule has 2 aliphatic heterocycles. The normalized spacial score (nSPS) is 20.4. The van der Waals surface area contributed by atoms with Crippen molar-refractivity contribution in [3.05, 3.63) is 99.8 Å². The van der Waals surface area contributed by atoms with Crippen LogP contribution in [0.1, 0.15) is 53.1 Å². The first-order valence-corrected chi connectivity index (χ1v) is 19.1. The van der Waals surface area contributed by atoms with Crippen molar-refractivity contribution in [3.63, 3.8) is 0 Å². The van der Waals surface area contributed by atoms with Crippen molar-refractivity contribution in [2.45, 2.75) is 57.5 Å². The van der Waals surface area contributed by atoms with Crippen molar-refractivity contribution in [1.29, 1.82) is 0 Å². The van der Waals surface area contributed by atoms with Crippen molar-refractivity contribution >= 4 is 51.1 Å². The molecule has 0 spiro atoms. The summed E-state index contributed by atoms with van der Waals surface area (Å²) in [7, 11) is 0. The number of carboxylic acid groups (broad SMARTS) is 1. The van der Waals surface area contributed by atoms with Gasteiger partial charge in [0, 0.05) is 61.1 Å². The predicted molar refractivity (Wildman–Crippen MR) is 207 cm³/mol. The number of fused-ring (bicyclic) bond motifs is 3. The summed E-state index contributed by atoms with van der Waals surface area (Å²) in [4.78, 5) is 29.8. The lowest BCUT2D eigenvalue weighted by molar-refractivity contribution is -0.141. The number of aliphatic hydroxyl groups excluding tert-OH is 1. The van der Waals surface area contributed by atoms with Gasteiger partial charge in [-0.3, -0.25) is 19.6 Å². The number of nitrogens with zero attached hydrogens (tertiary/aromatic N) is 5. The first-order chi connectivity index (χ1) is 26.9. The molecule has 288 valence electrons. The number of aliphatic carboxylic acids is 1. The number of rotatable bonds is 8. The molecule has 1 aliphatic carbocycles. The minimum absolute atomic E-state index is 0.0638. The molecule has 0 amide bonds. The highest BCUT2D eigenvalue weighted by Crippen LogP contribution is 2.48. The van der Waals surface area contributed by atoms with Crippen LogP contribution in [-0.4, -0.2) is 73.2 Å². The molecule has 3 N–H and O–H groups in total. The number of hydrogen-bond acceptors (Lipinski definition) is 9. The molecule has 3 atom stereocenters. The lowest BCUT2D eigenvalue weighted by Gasteiger charge is -2.25. The second-order valence-corrected chi connectivity index (χ2v) is 15.5. The minimum Gasteiger partial charge on any atom is -0.481 e. The van der Waals surface area contributed by atoms with Crippen LogP contribution < -0.4 is 5.32 Å². The third-order valence-corrected chi connectivity index (χ3v) is 12.0. The van der Waals surface area contributed by atoms with E-state index < -0.39 is 23.6 Å². The van der Waals surface area contributed by atoms with E-state index in [9.17, 15) is 28.2 Å². The summed E-state index contributed by atoms with van der Waals surface area (Å²) in [5, 5.41) is 24.1. The van der Waals surface area contributed by atoms with Gasteiger partial charge in [-0.05, 0) is 97.3 Å². The third-order valence-electron chi connectivity index (χ3n) is 11.6. The second kappa shape index (κ2) is 14.1. The van der Waals surface area contributed by atoms with Gasteiger partial charge in [-0.2, -0.15) is 13.2 Å². The molecule has 56 heavy (non-hydrogen) atoms. The lowest BCUT2D eigenvalue weighted by atomic mass is 9.96. The first-order valence-electron chi connectivity index (χ1n) is 18.7. The molecular weight excluding hydrogens is 745 g/mol. The van der Waals surface area contributed by atoms with Gasteiger partial charge < -0.3 is 19.9 Å². The Kier molecular flexibility index (Phi) is 9.23. The summed E-state index contributed by atoms with van der Waals surface area (Å²) in [5.74, 6) is -0.826. The summed E-state index contributed by atoms with van der Waals surface area (Å²) in [5.41, 5.74) is 4.73. The zero-order valence-electron chi connectivity index (χ0n) is 30.4. The third kappa shape index (κ3) is 6.55. The highest BCUT2D eigenvalue weighted by Gasteiger charge is 2.44. The summed E-state index contributed by atoms with van der Waals surface area (Å²) >= 11 is 7.10. The maximum absolute atomic E-state index is 14.8. The Labute approximate surface area is 324 Å². The van der Waals surface area contributed by atoms with Gasteiger partial charge >= 0.3 is 12.1 Å². The Balaban J connectivity index is 1.03. The second-order valence-electron chi connectivity index (χ2n) is 15.1. The standard InChI is InChI=1S/C42H38ClF3N6O4/c1-22-27(30-6-3-7-32(36(30)43)49-39-37-24(10-13-47-39)16-23(18-48-37)19-51-14-12-26(53)21-51)4-2-5-28(22)40-50-33-17-31-29(35(38(33)56-40)42(44,45)46)8-9-34(31)52-15-11-25(20-52)41(54)55/h2-7,10,13,16-18,25-26,34,53H,8-9,11-12,14-15,19-21H2,1H3,(H,47,49)(H,54,55)/t25-,26-,34-/m1/s1. The number of aromatic nitrogens is 3. The van der Waals surface area contributed by atoms with Gasteiger partial charge in [0.05, 0.1) is 22.7 Å². The van der Waals surface area contributed by atoms with Crippen LogP contribution >= 0.6 is 11.6 Å². The number of hydrogen-bond donors (Lipinski definition) is 3. The Bertz CT molecular complexity index is 2530. The summed E-state index contributed by atoms with van der Waals surface area (Å²) < 4.78 is 50.5. The molecule has 9 rings (SSSR count). The van der Waals surface area contributed by atoms with E-state index in [4.69, 9.17) is 21.0 Å². The molecular formula is C42H38ClF3N6O4. The number of alkyl halides is 3. The maximum atomic E-state index is 14.8. The highest BCUT2D eigenvalue weighted by atomic mass is 35.5. The number of anilines is 2. The molecule has 6 aromatic rings. The number of carbonyl (C=O) groups is 1. The quantitative estimate of drug-likeness (QED) is 0.138. The maximum Gasteiger partial charge on any atom is 0.420 e. The van der Waals surface area contributed by atoms with Crippen LogP contribution in [0.3, 0.4) is 0 Å². The van der Waals surface area contributed by atoms with Gasteiger partial charge in [-0.15, -0.1) is 0 Å². The summed E-state index contributed by atoms with van der Waals surface area (Å²) in [6, 6.07) is 16.4. The molecule has 3 aromatic heterocycles. The number of aliphatic hydroxyl groups is 1. The molecule has 2 saturated heterocycles. The topological polar surface area (TPSA) is 128 Å². The first kappa shape index (κ1) is 36.6. The van der Waals surface area contributed by atoms with Crippen molar-refractivity contribution < 1.29 is 32.6 Å². The fourth-order valence-electron chi connectivity index (χ4n) is 8.81. The summed E-state index contributed by atoms with van der Waals surface area (Å²) in [6.45, 7) is 4.86. The Hall–Kier alpha value is -5.08. The Morgan fingerprint density at radius 3 is 2.59 bits per heavy atom. The van der Waals surface area contributed by atoms with E-state index in [1.807, 2.05) is 48.4 Å². The SMILES string of the molecule is Cc1c(-c2nc3cc4c(c(C(F)(F)F)c3o2)CC[C@H]4N2CC[C@@H](C(=O)O)C2)cccc1-c1cccc(Nc2nccc3cc(CN4CC[C@@H](O)C4)cnc23)c1Cl. The van der Waals surface area contributed by atoms with Crippen molar-refractivity contribution in [1.82, 2.24) is 24.8 Å². The van der Waals surface area contributed by atoms with Crippen LogP contribution in [0.5, 0.6) is 0 Å². The zero-order valence-corrected chi connectivity index (χ0v) is 31.2. The molecule has 3 aromatic carbocycles. The predicted octanol–water partition coefficient (Wildman–Crippen LogP) is 8.79. The van der Waals surface area contributed by atoms with Gasteiger partial charge in [0.25, 0.3) is 0 Å². The van der Waals surface area contributed by atoms with E-state index in [0.717, 1.165) is 35.0 Å². The number of benzene rings is 3. The molecule has 14 heteroatoms. The van der Waals surface area contributed by atoms with E-state index >= 15 is 0 Å². The van der Waals surface area contributed by atoms with E-state index in [1.54, 1.807) is 24.4 Å². The van der Waals surface area contributed by atoms with Crippen LogP contribution in [0.15, 0.2) is 71.4 Å². The van der Waals surface area contributed by atoms with E-state index in [1.165, 1.54) is 0 Å². The smallest absolute Gasteiger partial charge is 0.420 e. The number of β-amino-alcohol motifs (C(OH)–C–C–N with tert-alkyl or cyclic N) is 1. The fraction of sp³-hybridized carbons (Fsp3) is 0.333. The number of likely N-dealkylation sites (tertiary alicyclic amines) is 2. The molecule has 5 heterocycles. The van der Waals surface area contributed by atoms with Crippen LogP contribution in [0.4, 0.5) is 24.7 Å². The Morgan fingerprint density at radius 2 is 1.82 bits per heavy atom. The monoisotopic (exact) mass is 782 g/mol. The van der Waals surface area contributed by atoms with Gasteiger partial charge in [0.1, 0.15) is 16.6 Å². The number of pyridine rings is 2. The largest absolute Gasteiger partial charge is 0.481 e. The lowest BCUT2D eigenvalue weighted by Crippen LogP contribution is -2.26.